The molecular formula is C28H28O15. The van der Waals surface area contributed by atoms with E-state index in [0.29, 0.717) is 5.56 Å². The van der Waals surface area contributed by atoms with Crippen LogP contribution in [0.25, 0.3) is 0 Å². The number of phenolic OH excluding ortho intramolecular Hbond substituents is 7. The van der Waals surface area contributed by atoms with Crippen LogP contribution in [0.4, 0.5) is 0 Å². The molecule has 0 aliphatic carbocycles. The highest BCUT2D eigenvalue weighted by Gasteiger charge is 2.48. The van der Waals surface area contributed by atoms with Crippen molar-refractivity contribution in [2.24, 2.45) is 0 Å². The minimum atomic E-state index is -1.92. The lowest BCUT2D eigenvalue weighted by Crippen LogP contribution is -2.61. The number of carbonyl (C=O) groups is 2. The minimum Gasteiger partial charge on any atom is -0.507 e. The summed E-state index contributed by atoms with van der Waals surface area (Å²) in [4.78, 5) is 25.2. The molecule has 15 heteroatoms. The number of benzene rings is 3. The van der Waals surface area contributed by atoms with Gasteiger partial charge in [0.15, 0.2) is 40.6 Å². The summed E-state index contributed by atoms with van der Waals surface area (Å²) in [6, 6.07) is 7.41. The molecule has 4 rings (SSSR count). The van der Waals surface area contributed by atoms with Crippen LogP contribution in [0.3, 0.4) is 0 Å². The van der Waals surface area contributed by atoms with Crippen molar-refractivity contribution < 1.29 is 74.9 Å². The van der Waals surface area contributed by atoms with Gasteiger partial charge in [0.1, 0.15) is 41.1 Å². The van der Waals surface area contributed by atoms with E-state index in [1.165, 1.54) is 18.2 Å². The molecule has 230 valence electrons. The largest absolute Gasteiger partial charge is 0.507 e. The first kappa shape index (κ1) is 31.0. The molecule has 0 unspecified atom stereocenters. The van der Waals surface area contributed by atoms with E-state index < -0.39 is 88.9 Å². The zero-order valence-corrected chi connectivity index (χ0v) is 22.1. The summed E-state index contributed by atoms with van der Waals surface area (Å²) >= 11 is 0. The topological polar surface area (TPSA) is 264 Å². The average molecular weight is 605 g/mol. The van der Waals surface area contributed by atoms with Gasteiger partial charge in [0.05, 0.1) is 12.2 Å². The van der Waals surface area contributed by atoms with Crippen LogP contribution in [0.2, 0.25) is 0 Å². The van der Waals surface area contributed by atoms with E-state index in [1.54, 1.807) is 0 Å². The number of carbonyl (C=O) groups excluding carboxylic acids is 2. The number of hydrogen-bond acceptors (Lipinski definition) is 15. The van der Waals surface area contributed by atoms with Gasteiger partial charge in [-0.05, 0) is 36.2 Å². The molecule has 0 bridgehead atoms. The van der Waals surface area contributed by atoms with Crippen LogP contribution in [-0.2, 0) is 15.9 Å². The van der Waals surface area contributed by atoms with Crippen LogP contribution in [0.5, 0.6) is 46.0 Å². The van der Waals surface area contributed by atoms with Gasteiger partial charge in [0.25, 0.3) is 0 Å². The van der Waals surface area contributed by atoms with E-state index in [9.17, 15) is 60.7 Å². The second kappa shape index (κ2) is 12.5. The van der Waals surface area contributed by atoms with Crippen LogP contribution < -0.4 is 4.74 Å². The number of hydrogen-bond donors (Lipinski definition) is 10. The molecule has 1 heterocycles. The van der Waals surface area contributed by atoms with Crippen molar-refractivity contribution in [2.45, 2.75) is 43.5 Å². The van der Waals surface area contributed by atoms with Crippen molar-refractivity contribution in [1.29, 1.82) is 0 Å². The predicted molar refractivity (Wildman–Crippen MR) is 141 cm³/mol. The summed E-state index contributed by atoms with van der Waals surface area (Å²) in [7, 11) is 0. The molecule has 3 aromatic carbocycles. The first-order valence-electron chi connectivity index (χ1n) is 12.7. The highest BCUT2D eigenvalue weighted by atomic mass is 16.7. The lowest BCUT2D eigenvalue weighted by molar-refractivity contribution is -0.276. The molecule has 0 saturated carbocycles. The number of aliphatic hydroxyl groups is 3. The van der Waals surface area contributed by atoms with E-state index in [2.05, 4.69) is 0 Å². The smallest absolute Gasteiger partial charge is 0.338 e. The average Bonchev–Trinajstić information content (AvgIpc) is 2.95. The highest BCUT2D eigenvalue weighted by molar-refractivity contribution is 6.01. The Kier molecular flexibility index (Phi) is 9.01. The number of rotatable bonds is 9. The van der Waals surface area contributed by atoms with Crippen LogP contribution in [0.1, 0.15) is 32.7 Å². The Bertz CT molecular complexity index is 1470. The Morgan fingerprint density at radius 1 is 0.767 bits per heavy atom. The van der Waals surface area contributed by atoms with Gasteiger partial charge in [0.2, 0.25) is 6.29 Å². The summed E-state index contributed by atoms with van der Waals surface area (Å²) in [5.41, 5.74) is -0.371. The van der Waals surface area contributed by atoms with Gasteiger partial charge in [-0.3, -0.25) is 4.79 Å². The molecule has 0 amide bonds. The Labute approximate surface area is 242 Å². The predicted octanol–water partition coefficient (Wildman–Crippen LogP) is 0.485. The van der Waals surface area contributed by atoms with E-state index >= 15 is 0 Å². The maximum atomic E-state index is 12.7. The molecule has 0 radical (unpaired) electrons. The molecule has 1 aliphatic heterocycles. The summed E-state index contributed by atoms with van der Waals surface area (Å²) in [5.74, 6) is -6.85. The van der Waals surface area contributed by atoms with Gasteiger partial charge < -0.3 is 65.3 Å². The van der Waals surface area contributed by atoms with Gasteiger partial charge in [-0.15, -0.1) is 0 Å². The molecule has 1 fully saturated rings. The van der Waals surface area contributed by atoms with E-state index in [1.807, 2.05) is 0 Å². The molecule has 1 aliphatic rings. The van der Waals surface area contributed by atoms with Crippen molar-refractivity contribution in [1.82, 2.24) is 0 Å². The number of ether oxygens (including phenoxy) is 3. The van der Waals surface area contributed by atoms with Crippen molar-refractivity contribution in [3.63, 3.8) is 0 Å². The van der Waals surface area contributed by atoms with Crippen LogP contribution in [-0.4, -0.2) is 100 Å². The highest BCUT2D eigenvalue weighted by Crippen LogP contribution is 2.37. The third kappa shape index (κ3) is 6.60. The lowest BCUT2D eigenvalue weighted by Gasteiger charge is -2.41. The summed E-state index contributed by atoms with van der Waals surface area (Å²) in [6.45, 7) is -0.851. The number of aliphatic hydroxyl groups excluding tert-OH is 3. The quantitative estimate of drug-likeness (QED) is 0.0904. The number of phenols is 7. The Balaban J connectivity index is 1.44. The van der Waals surface area contributed by atoms with Crippen molar-refractivity contribution in [3.05, 3.63) is 59.2 Å². The second-order valence-corrected chi connectivity index (χ2v) is 9.64. The number of aromatic hydroxyl groups is 7. The summed E-state index contributed by atoms with van der Waals surface area (Å²) in [5, 5.41) is 99.6. The van der Waals surface area contributed by atoms with Gasteiger partial charge >= 0.3 is 5.97 Å². The molecule has 5 atom stereocenters. The molecule has 10 N–H and O–H groups in total. The SMILES string of the molecule is O=C(O[C@H]1[C@H](O)[C@@H](O)[C@H](Oc2cc(O)c(C(=O)CCc3ccc(O)c(O)c3)c(O)c2)O[C@@H]1CO)c1cc(O)c(O)c(O)c1. The van der Waals surface area contributed by atoms with E-state index in [4.69, 9.17) is 14.2 Å². The standard InChI is InChI=1S/C28H28O15/c29-10-21-26(43-27(40)12-6-19(35)23(37)20(36)7-12)24(38)25(39)28(42-21)41-13-8-17(33)22(18(34)9-13)15(31)4-2-11-1-3-14(30)16(32)5-11/h1,3,5-9,21,24-26,28-30,32-39H,2,4,10H2/t21-,24-,25-,26-,28-/m1/s1. The molecule has 0 aromatic heterocycles. The maximum Gasteiger partial charge on any atom is 0.338 e. The number of Topliss-reactive ketones (excluding diaryl/α,β-unsaturated/α-hetero) is 1. The molecule has 3 aromatic rings. The van der Waals surface area contributed by atoms with Crippen LogP contribution in [0.15, 0.2) is 42.5 Å². The molecule has 43 heavy (non-hydrogen) atoms. The molecule has 15 nitrogen and oxygen atoms in total. The van der Waals surface area contributed by atoms with Crippen molar-refractivity contribution >= 4 is 11.8 Å². The number of esters is 1. The Morgan fingerprint density at radius 3 is 1.98 bits per heavy atom. The number of aryl methyl sites for hydroxylation is 1. The fourth-order valence-corrected chi connectivity index (χ4v) is 4.39. The first-order valence-corrected chi connectivity index (χ1v) is 12.7. The maximum absolute atomic E-state index is 12.7. The third-order valence-corrected chi connectivity index (χ3v) is 6.65. The second-order valence-electron chi connectivity index (χ2n) is 9.64. The van der Waals surface area contributed by atoms with E-state index in [0.717, 1.165) is 24.3 Å². The van der Waals surface area contributed by atoms with Gasteiger partial charge in [0, 0.05) is 18.6 Å². The monoisotopic (exact) mass is 604 g/mol. The zero-order valence-electron chi connectivity index (χ0n) is 22.1. The zero-order chi connectivity index (χ0) is 31.6. The van der Waals surface area contributed by atoms with Gasteiger partial charge in [-0.25, -0.2) is 4.79 Å². The summed E-state index contributed by atoms with van der Waals surface area (Å²) < 4.78 is 16.0. The van der Waals surface area contributed by atoms with Crippen molar-refractivity contribution in [2.75, 3.05) is 6.61 Å². The molecular weight excluding hydrogens is 576 g/mol. The van der Waals surface area contributed by atoms with E-state index in [-0.39, 0.29) is 30.1 Å². The normalized spacial score (nSPS) is 21.7. The third-order valence-electron chi connectivity index (χ3n) is 6.65. The fourth-order valence-electron chi connectivity index (χ4n) is 4.39. The number of ketones is 1. The Hall–Kier alpha value is -4.96. The Morgan fingerprint density at radius 2 is 1.40 bits per heavy atom. The van der Waals surface area contributed by atoms with Crippen LogP contribution in [0, 0.1) is 0 Å². The summed E-state index contributed by atoms with van der Waals surface area (Å²) in [6.07, 6.45) is -8.81. The van der Waals surface area contributed by atoms with Gasteiger partial charge in [-0.1, -0.05) is 6.07 Å². The fraction of sp³-hybridized carbons (Fsp3) is 0.286. The first-order chi connectivity index (χ1) is 20.3. The molecule has 0 spiro atoms. The molecule has 1 saturated heterocycles. The van der Waals surface area contributed by atoms with Crippen LogP contribution >= 0.6 is 0 Å². The van der Waals surface area contributed by atoms with Crippen molar-refractivity contribution in [3.8, 4) is 46.0 Å². The van der Waals surface area contributed by atoms with Gasteiger partial charge in [-0.2, -0.15) is 0 Å². The minimum absolute atomic E-state index is 0.104. The lowest BCUT2D eigenvalue weighted by atomic mass is 9.98.